The molecule has 0 spiro atoms. The van der Waals surface area contributed by atoms with Crippen LogP contribution in [-0.2, 0) is 6.42 Å². The van der Waals surface area contributed by atoms with Crippen LogP contribution in [0.5, 0.6) is 0 Å². The number of thiazole rings is 1. The highest BCUT2D eigenvalue weighted by atomic mass is 79.9. The molecule has 3 aromatic rings. The van der Waals surface area contributed by atoms with Gasteiger partial charge in [0.15, 0.2) is 10.7 Å². The van der Waals surface area contributed by atoms with Gasteiger partial charge in [-0.25, -0.2) is 4.98 Å². The first-order chi connectivity index (χ1) is 9.13. The topological polar surface area (TPSA) is 34.4 Å². The van der Waals surface area contributed by atoms with Gasteiger partial charge in [0.1, 0.15) is 0 Å². The Morgan fingerprint density at radius 1 is 1.47 bits per heavy atom. The van der Waals surface area contributed by atoms with Gasteiger partial charge in [0.05, 0.1) is 17.1 Å². The molecule has 0 amide bonds. The van der Waals surface area contributed by atoms with Crippen molar-refractivity contribution in [3.63, 3.8) is 0 Å². The predicted molar refractivity (Wildman–Crippen MR) is 80.3 cm³/mol. The number of halogens is 2. The highest BCUT2D eigenvalue weighted by molar-refractivity contribution is 9.10. The lowest BCUT2D eigenvalue weighted by molar-refractivity contribution is 0.0992. The average molecular weight is 356 g/mol. The average Bonchev–Trinajstić information content (AvgIpc) is 2.93. The molecule has 19 heavy (non-hydrogen) atoms. The first-order valence-electron chi connectivity index (χ1n) is 5.53. The second-order valence-electron chi connectivity index (χ2n) is 4.05. The second kappa shape index (κ2) is 5.07. The molecular weight excluding hydrogens is 348 g/mol. The number of hydrogen-bond donors (Lipinski definition) is 0. The summed E-state index contributed by atoms with van der Waals surface area (Å²) in [5, 5.41) is 2.56. The number of Topliss-reactive ketones (excluding diaryl/α,β-unsaturated/α-hetero) is 1. The highest BCUT2D eigenvalue weighted by Gasteiger charge is 2.11. The minimum atomic E-state index is 0.0307. The third-order valence-electron chi connectivity index (χ3n) is 2.73. The van der Waals surface area contributed by atoms with Crippen LogP contribution in [0.1, 0.15) is 16.1 Å². The van der Waals surface area contributed by atoms with E-state index in [2.05, 4.69) is 20.9 Å². The fourth-order valence-corrected chi connectivity index (χ4v) is 3.01. The summed E-state index contributed by atoms with van der Waals surface area (Å²) >= 11 is 10.8. The molecule has 0 N–H and O–H groups in total. The van der Waals surface area contributed by atoms with Gasteiger partial charge in [-0.05, 0) is 34.1 Å². The largest absolute Gasteiger partial charge is 0.297 e. The lowest BCUT2D eigenvalue weighted by Gasteiger charge is -2.01. The van der Waals surface area contributed by atoms with Crippen molar-refractivity contribution in [3.05, 3.63) is 56.7 Å². The molecule has 2 aromatic heterocycles. The molecule has 0 aliphatic rings. The molecule has 0 fully saturated rings. The maximum absolute atomic E-state index is 12.2. The van der Waals surface area contributed by atoms with E-state index < -0.39 is 0 Å². The van der Waals surface area contributed by atoms with Gasteiger partial charge >= 0.3 is 0 Å². The Kier molecular flexibility index (Phi) is 3.43. The van der Waals surface area contributed by atoms with Crippen LogP contribution in [-0.4, -0.2) is 15.2 Å². The predicted octanol–water partition coefficient (Wildman–Crippen LogP) is 4.24. The normalized spacial score (nSPS) is 11.1. The number of aromatic nitrogens is 2. The van der Waals surface area contributed by atoms with E-state index in [1.54, 1.807) is 29.5 Å². The molecule has 0 atom stereocenters. The summed E-state index contributed by atoms with van der Waals surface area (Å²) in [6, 6.07) is 5.18. The molecule has 6 heteroatoms. The summed E-state index contributed by atoms with van der Waals surface area (Å²) in [6.07, 6.45) is 4.11. The van der Waals surface area contributed by atoms with Crippen molar-refractivity contribution in [1.82, 2.24) is 9.38 Å². The molecule has 1 aromatic carbocycles. The lowest BCUT2D eigenvalue weighted by Crippen LogP contribution is -2.03. The monoisotopic (exact) mass is 354 g/mol. The van der Waals surface area contributed by atoms with Gasteiger partial charge in [0.25, 0.3) is 0 Å². The lowest BCUT2D eigenvalue weighted by atomic mass is 10.1. The molecule has 0 radical (unpaired) electrons. The third-order valence-corrected chi connectivity index (χ3v) is 4.71. The number of ketones is 1. The van der Waals surface area contributed by atoms with Crippen LogP contribution in [0.2, 0.25) is 5.02 Å². The number of imidazole rings is 1. The summed E-state index contributed by atoms with van der Waals surface area (Å²) in [5.74, 6) is 0.0307. The zero-order valence-electron chi connectivity index (χ0n) is 9.64. The summed E-state index contributed by atoms with van der Waals surface area (Å²) in [7, 11) is 0. The Hall–Kier alpha value is -1.17. The molecule has 0 unspecified atom stereocenters. The van der Waals surface area contributed by atoms with Crippen molar-refractivity contribution < 1.29 is 4.79 Å². The third kappa shape index (κ3) is 2.59. The van der Waals surface area contributed by atoms with E-state index in [4.69, 9.17) is 11.6 Å². The maximum atomic E-state index is 12.2. The number of hydrogen-bond acceptors (Lipinski definition) is 3. The molecule has 0 bridgehead atoms. The van der Waals surface area contributed by atoms with E-state index in [0.717, 1.165) is 15.1 Å². The number of carbonyl (C=O) groups excluding carboxylic acids is 1. The quantitative estimate of drug-likeness (QED) is 0.659. The molecule has 0 aliphatic carbocycles. The van der Waals surface area contributed by atoms with Crippen molar-refractivity contribution in [2.75, 3.05) is 0 Å². The van der Waals surface area contributed by atoms with E-state index in [1.165, 1.54) is 0 Å². The molecule has 0 saturated heterocycles. The van der Waals surface area contributed by atoms with Gasteiger partial charge in [-0.15, -0.1) is 11.3 Å². The van der Waals surface area contributed by atoms with Gasteiger partial charge in [0, 0.05) is 27.8 Å². The maximum Gasteiger partial charge on any atom is 0.193 e. The number of nitrogens with zero attached hydrogens (tertiary/aromatic N) is 2. The summed E-state index contributed by atoms with van der Waals surface area (Å²) in [4.78, 5) is 17.5. The number of benzene rings is 1. The van der Waals surface area contributed by atoms with Gasteiger partial charge in [-0.1, -0.05) is 11.6 Å². The minimum Gasteiger partial charge on any atom is -0.297 e. The van der Waals surface area contributed by atoms with E-state index in [0.29, 0.717) is 17.0 Å². The number of rotatable bonds is 3. The Balaban J connectivity index is 1.84. The van der Waals surface area contributed by atoms with Crippen LogP contribution in [0.15, 0.2) is 40.4 Å². The standard InChI is InChI=1S/C13H8BrClN2OS/c14-10-5-8(1-2-11(10)15)12(18)6-9-7-17-3-4-19-13(17)16-9/h1-5,7H,6H2. The molecule has 0 aliphatic heterocycles. The van der Waals surface area contributed by atoms with Crippen molar-refractivity contribution in [2.24, 2.45) is 0 Å². The van der Waals surface area contributed by atoms with Crippen LogP contribution in [0.25, 0.3) is 4.96 Å². The van der Waals surface area contributed by atoms with Crippen molar-refractivity contribution in [1.29, 1.82) is 0 Å². The van der Waals surface area contributed by atoms with Gasteiger partial charge < -0.3 is 0 Å². The van der Waals surface area contributed by atoms with Crippen molar-refractivity contribution >= 4 is 49.6 Å². The zero-order chi connectivity index (χ0) is 13.4. The highest BCUT2D eigenvalue weighted by Crippen LogP contribution is 2.24. The smallest absolute Gasteiger partial charge is 0.193 e. The first-order valence-corrected chi connectivity index (χ1v) is 7.58. The second-order valence-corrected chi connectivity index (χ2v) is 6.19. The Labute approximate surface area is 127 Å². The number of carbonyl (C=O) groups is 1. The van der Waals surface area contributed by atoms with Crippen LogP contribution in [0.3, 0.4) is 0 Å². The molecule has 3 rings (SSSR count). The van der Waals surface area contributed by atoms with E-state index >= 15 is 0 Å². The minimum absolute atomic E-state index is 0.0307. The summed E-state index contributed by atoms with van der Waals surface area (Å²) < 4.78 is 2.65. The van der Waals surface area contributed by atoms with Crippen molar-refractivity contribution in [2.45, 2.75) is 6.42 Å². The molecular formula is C13H8BrClN2OS. The molecule has 0 saturated carbocycles. The van der Waals surface area contributed by atoms with E-state index in [9.17, 15) is 4.79 Å². The Morgan fingerprint density at radius 2 is 2.32 bits per heavy atom. The summed E-state index contributed by atoms with van der Waals surface area (Å²) in [6.45, 7) is 0. The fourth-order valence-electron chi connectivity index (χ4n) is 1.80. The zero-order valence-corrected chi connectivity index (χ0v) is 12.8. The van der Waals surface area contributed by atoms with Gasteiger partial charge in [0.2, 0.25) is 0 Å². The number of fused-ring (bicyclic) bond motifs is 1. The molecule has 3 nitrogen and oxygen atoms in total. The van der Waals surface area contributed by atoms with Crippen LogP contribution in [0, 0.1) is 0 Å². The van der Waals surface area contributed by atoms with Gasteiger partial charge in [-0.3, -0.25) is 9.20 Å². The molecule has 96 valence electrons. The fraction of sp³-hybridized carbons (Fsp3) is 0.0769. The van der Waals surface area contributed by atoms with E-state index in [1.807, 2.05) is 22.2 Å². The Bertz CT molecular complexity index is 736. The summed E-state index contributed by atoms with van der Waals surface area (Å²) in [5.41, 5.74) is 1.41. The molecule has 2 heterocycles. The SMILES string of the molecule is O=C(Cc1cn2ccsc2n1)c1ccc(Cl)c(Br)c1. The van der Waals surface area contributed by atoms with Crippen molar-refractivity contribution in [3.8, 4) is 0 Å². The van der Waals surface area contributed by atoms with Crippen LogP contribution < -0.4 is 0 Å². The van der Waals surface area contributed by atoms with Crippen LogP contribution in [0.4, 0.5) is 0 Å². The van der Waals surface area contributed by atoms with Crippen LogP contribution >= 0.6 is 38.9 Å². The Morgan fingerprint density at radius 3 is 3.05 bits per heavy atom. The van der Waals surface area contributed by atoms with Gasteiger partial charge in [-0.2, -0.15) is 0 Å². The van der Waals surface area contributed by atoms with E-state index in [-0.39, 0.29) is 5.78 Å². The first kappa shape index (κ1) is 12.8.